The van der Waals surface area contributed by atoms with Crippen LogP contribution in [0.2, 0.25) is 0 Å². The standard InChI is InChI=1S/C14H22O3/c1-9(2)13(15)17-14(3)7-10-5-6-12(14)11(10)8-16-4/h10-12H,1,5-8H2,2-4H3. The fourth-order valence-electron chi connectivity index (χ4n) is 3.69. The van der Waals surface area contributed by atoms with Gasteiger partial charge in [-0.25, -0.2) is 4.79 Å². The van der Waals surface area contributed by atoms with Crippen LogP contribution in [0.25, 0.3) is 0 Å². The summed E-state index contributed by atoms with van der Waals surface area (Å²) >= 11 is 0. The van der Waals surface area contributed by atoms with Crippen LogP contribution in [0.5, 0.6) is 0 Å². The van der Waals surface area contributed by atoms with Crippen molar-refractivity contribution in [2.75, 3.05) is 13.7 Å². The number of esters is 1. The van der Waals surface area contributed by atoms with Crippen molar-refractivity contribution in [3.8, 4) is 0 Å². The Morgan fingerprint density at radius 2 is 2.18 bits per heavy atom. The van der Waals surface area contributed by atoms with E-state index in [1.807, 2.05) is 0 Å². The fourth-order valence-corrected chi connectivity index (χ4v) is 3.69. The highest BCUT2D eigenvalue weighted by Crippen LogP contribution is 2.56. The molecule has 0 amide bonds. The van der Waals surface area contributed by atoms with Gasteiger partial charge >= 0.3 is 5.97 Å². The van der Waals surface area contributed by atoms with E-state index in [0.717, 1.165) is 19.4 Å². The van der Waals surface area contributed by atoms with E-state index in [4.69, 9.17) is 9.47 Å². The third kappa shape index (κ3) is 2.13. The van der Waals surface area contributed by atoms with Gasteiger partial charge in [-0.3, -0.25) is 0 Å². The summed E-state index contributed by atoms with van der Waals surface area (Å²) in [5.41, 5.74) is 0.180. The number of methoxy groups -OCH3 is 1. The first-order valence-corrected chi connectivity index (χ1v) is 6.35. The second-order valence-corrected chi connectivity index (χ2v) is 5.75. The van der Waals surface area contributed by atoms with Gasteiger partial charge in [0.15, 0.2) is 0 Å². The van der Waals surface area contributed by atoms with Crippen molar-refractivity contribution >= 4 is 5.97 Å². The minimum Gasteiger partial charge on any atom is -0.456 e. The predicted octanol–water partition coefficient (Wildman–Crippen LogP) is 2.56. The van der Waals surface area contributed by atoms with Gasteiger partial charge in [-0.15, -0.1) is 0 Å². The lowest BCUT2D eigenvalue weighted by Crippen LogP contribution is -2.38. The van der Waals surface area contributed by atoms with Gasteiger partial charge in [-0.05, 0) is 44.9 Å². The number of carbonyl (C=O) groups excluding carboxylic acids is 1. The molecule has 2 rings (SSSR count). The predicted molar refractivity (Wildman–Crippen MR) is 65.5 cm³/mol. The smallest absolute Gasteiger partial charge is 0.333 e. The van der Waals surface area contributed by atoms with E-state index >= 15 is 0 Å². The topological polar surface area (TPSA) is 35.5 Å². The van der Waals surface area contributed by atoms with Crippen LogP contribution in [0, 0.1) is 17.8 Å². The van der Waals surface area contributed by atoms with Gasteiger partial charge in [-0.2, -0.15) is 0 Å². The average Bonchev–Trinajstić information content (AvgIpc) is 2.72. The molecule has 4 atom stereocenters. The second-order valence-electron chi connectivity index (χ2n) is 5.75. The van der Waals surface area contributed by atoms with Gasteiger partial charge in [0.05, 0.1) is 0 Å². The van der Waals surface area contributed by atoms with Crippen molar-refractivity contribution in [2.45, 2.75) is 38.7 Å². The highest BCUT2D eigenvalue weighted by molar-refractivity contribution is 5.87. The molecule has 17 heavy (non-hydrogen) atoms. The molecular formula is C14H22O3. The Balaban J connectivity index is 2.08. The molecule has 0 N–H and O–H groups in total. The van der Waals surface area contributed by atoms with Crippen LogP contribution < -0.4 is 0 Å². The van der Waals surface area contributed by atoms with E-state index < -0.39 is 0 Å². The Kier molecular flexibility index (Phi) is 3.30. The number of ether oxygens (including phenoxy) is 2. The summed E-state index contributed by atoms with van der Waals surface area (Å²) in [5.74, 6) is 1.41. The van der Waals surface area contributed by atoms with Crippen LogP contribution in [0.15, 0.2) is 12.2 Å². The minimum atomic E-state index is -0.303. The lowest BCUT2D eigenvalue weighted by atomic mass is 9.85. The Morgan fingerprint density at radius 3 is 2.76 bits per heavy atom. The van der Waals surface area contributed by atoms with E-state index in [-0.39, 0.29) is 11.6 Å². The molecule has 0 spiro atoms. The molecule has 2 aliphatic rings. The molecule has 0 aromatic rings. The van der Waals surface area contributed by atoms with Crippen molar-refractivity contribution in [3.63, 3.8) is 0 Å². The second kappa shape index (κ2) is 4.45. The SMILES string of the molecule is C=C(C)C(=O)OC1(C)CC2CCC1C2COC. The maximum Gasteiger partial charge on any atom is 0.333 e. The van der Waals surface area contributed by atoms with Gasteiger partial charge in [0.25, 0.3) is 0 Å². The molecule has 2 bridgehead atoms. The summed E-state index contributed by atoms with van der Waals surface area (Å²) in [6.07, 6.45) is 3.38. The van der Waals surface area contributed by atoms with Gasteiger partial charge in [0.1, 0.15) is 5.60 Å². The van der Waals surface area contributed by atoms with Gasteiger partial charge < -0.3 is 9.47 Å². The third-order valence-corrected chi connectivity index (χ3v) is 4.46. The van der Waals surface area contributed by atoms with E-state index in [0.29, 0.717) is 23.3 Å². The van der Waals surface area contributed by atoms with Crippen LogP contribution in [0.3, 0.4) is 0 Å². The fraction of sp³-hybridized carbons (Fsp3) is 0.786. The summed E-state index contributed by atoms with van der Waals surface area (Å²) in [6, 6.07) is 0. The highest BCUT2D eigenvalue weighted by atomic mass is 16.6. The molecule has 4 unspecified atom stereocenters. The molecule has 0 aromatic heterocycles. The molecule has 0 aromatic carbocycles. The maximum absolute atomic E-state index is 11.7. The minimum absolute atomic E-state index is 0.254. The lowest BCUT2D eigenvalue weighted by molar-refractivity contribution is -0.159. The van der Waals surface area contributed by atoms with Gasteiger partial charge in [0, 0.05) is 25.2 Å². The molecule has 3 nitrogen and oxygen atoms in total. The van der Waals surface area contributed by atoms with Crippen LogP contribution in [0.1, 0.15) is 33.1 Å². The van der Waals surface area contributed by atoms with E-state index in [1.54, 1.807) is 14.0 Å². The van der Waals surface area contributed by atoms with Crippen molar-refractivity contribution in [2.24, 2.45) is 17.8 Å². The Morgan fingerprint density at radius 1 is 1.47 bits per heavy atom. The molecule has 0 heterocycles. The van der Waals surface area contributed by atoms with Gasteiger partial charge in [0.2, 0.25) is 0 Å². The van der Waals surface area contributed by atoms with E-state index in [1.165, 1.54) is 6.42 Å². The summed E-state index contributed by atoms with van der Waals surface area (Å²) in [4.78, 5) is 11.7. The number of rotatable bonds is 4. The summed E-state index contributed by atoms with van der Waals surface area (Å²) < 4.78 is 11.0. The van der Waals surface area contributed by atoms with Crippen LogP contribution in [0.4, 0.5) is 0 Å². The van der Waals surface area contributed by atoms with Crippen LogP contribution in [-0.2, 0) is 14.3 Å². The zero-order chi connectivity index (χ0) is 12.6. The zero-order valence-electron chi connectivity index (χ0n) is 11.0. The first kappa shape index (κ1) is 12.6. The first-order chi connectivity index (χ1) is 7.98. The van der Waals surface area contributed by atoms with Crippen LogP contribution in [-0.4, -0.2) is 25.3 Å². The van der Waals surface area contributed by atoms with E-state index in [2.05, 4.69) is 13.5 Å². The highest BCUT2D eigenvalue weighted by Gasteiger charge is 2.56. The Labute approximate surface area is 103 Å². The summed E-state index contributed by atoms with van der Waals surface area (Å²) in [7, 11) is 1.75. The number of hydrogen-bond acceptors (Lipinski definition) is 3. The monoisotopic (exact) mass is 238 g/mol. The first-order valence-electron chi connectivity index (χ1n) is 6.35. The number of hydrogen-bond donors (Lipinski definition) is 0. The largest absolute Gasteiger partial charge is 0.456 e. The van der Waals surface area contributed by atoms with Crippen molar-refractivity contribution in [1.82, 2.24) is 0 Å². The Bertz CT molecular complexity index is 336. The molecule has 2 aliphatic carbocycles. The average molecular weight is 238 g/mol. The molecule has 2 saturated carbocycles. The normalized spacial score (nSPS) is 39.4. The van der Waals surface area contributed by atoms with Crippen LogP contribution >= 0.6 is 0 Å². The zero-order valence-corrected chi connectivity index (χ0v) is 11.0. The van der Waals surface area contributed by atoms with E-state index in [9.17, 15) is 4.79 Å². The summed E-state index contributed by atoms with van der Waals surface area (Å²) in [5, 5.41) is 0. The maximum atomic E-state index is 11.7. The van der Waals surface area contributed by atoms with Crippen molar-refractivity contribution in [1.29, 1.82) is 0 Å². The number of carbonyl (C=O) groups is 1. The molecule has 96 valence electrons. The van der Waals surface area contributed by atoms with Crippen molar-refractivity contribution < 1.29 is 14.3 Å². The lowest BCUT2D eigenvalue weighted by Gasteiger charge is -2.34. The molecule has 2 fully saturated rings. The third-order valence-electron chi connectivity index (χ3n) is 4.46. The molecule has 0 aliphatic heterocycles. The molecule has 3 heteroatoms. The Hall–Kier alpha value is -0.830. The molecule has 0 radical (unpaired) electrons. The number of fused-ring (bicyclic) bond motifs is 2. The van der Waals surface area contributed by atoms with Crippen molar-refractivity contribution in [3.05, 3.63) is 12.2 Å². The molecule has 0 saturated heterocycles. The van der Waals surface area contributed by atoms with Gasteiger partial charge in [-0.1, -0.05) is 6.58 Å². The molecular weight excluding hydrogens is 216 g/mol. The summed E-state index contributed by atoms with van der Waals surface area (Å²) in [6.45, 7) is 8.20. The quantitative estimate of drug-likeness (QED) is 0.558.